The van der Waals surface area contributed by atoms with E-state index < -0.39 is 6.04 Å². The van der Waals surface area contributed by atoms with Crippen molar-refractivity contribution in [2.75, 3.05) is 12.3 Å². The summed E-state index contributed by atoms with van der Waals surface area (Å²) in [5, 5.41) is 3.70. The van der Waals surface area contributed by atoms with Crippen molar-refractivity contribution in [2.24, 2.45) is 0 Å². The summed E-state index contributed by atoms with van der Waals surface area (Å²) in [6, 6.07) is 25.1. The number of rotatable bonds is 13. The summed E-state index contributed by atoms with van der Waals surface area (Å²) < 4.78 is 0. The molecule has 1 atom stereocenters. The van der Waals surface area contributed by atoms with Crippen LogP contribution in [0.25, 0.3) is 0 Å². The third kappa shape index (κ3) is 9.03. The zero-order valence-corrected chi connectivity index (χ0v) is 22.7. The first-order chi connectivity index (χ1) is 17.5. The summed E-state index contributed by atoms with van der Waals surface area (Å²) in [7, 11) is 0. The van der Waals surface area contributed by atoms with Gasteiger partial charge in [-0.15, -0.1) is 11.8 Å². The Kier molecular flexibility index (Phi) is 11.4. The highest BCUT2D eigenvalue weighted by atomic mass is 35.5. The fraction of sp³-hybridized carbons (Fsp3) is 0.333. The number of nitrogens with zero attached hydrogens (tertiary/aromatic N) is 1. The second kappa shape index (κ2) is 14.7. The van der Waals surface area contributed by atoms with Crippen LogP contribution in [-0.2, 0) is 28.3 Å². The molecule has 0 spiro atoms. The fourth-order valence-electron chi connectivity index (χ4n) is 3.99. The molecule has 3 aromatic carbocycles. The monoisotopic (exact) mass is 522 g/mol. The second-order valence-corrected chi connectivity index (χ2v) is 10.4. The number of carbonyl (C=O) groups excluding carboxylic acids is 2. The number of carbonyl (C=O) groups is 2. The molecular weight excluding hydrogens is 488 g/mol. The van der Waals surface area contributed by atoms with E-state index in [0.717, 1.165) is 29.7 Å². The van der Waals surface area contributed by atoms with Crippen molar-refractivity contribution in [3.05, 3.63) is 106 Å². The molecule has 0 saturated carbocycles. The molecule has 3 aromatic rings. The van der Waals surface area contributed by atoms with Crippen LogP contribution in [-0.4, -0.2) is 35.1 Å². The van der Waals surface area contributed by atoms with Crippen LogP contribution in [0.15, 0.2) is 78.9 Å². The van der Waals surface area contributed by atoms with Gasteiger partial charge < -0.3 is 10.2 Å². The van der Waals surface area contributed by atoms with Crippen molar-refractivity contribution in [3.63, 3.8) is 0 Å². The van der Waals surface area contributed by atoms with Gasteiger partial charge >= 0.3 is 0 Å². The molecule has 4 nitrogen and oxygen atoms in total. The summed E-state index contributed by atoms with van der Waals surface area (Å²) in [6.45, 7) is 5.11. The summed E-state index contributed by atoms with van der Waals surface area (Å²) in [5.41, 5.74) is 4.36. The smallest absolute Gasteiger partial charge is 0.243 e. The van der Waals surface area contributed by atoms with Gasteiger partial charge in [0.2, 0.25) is 11.8 Å². The summed E-state index contributed by atoms with van der Waals surface area (Å²) in [5.74, 6) is 0.885. The number of benzene rings is 3. The van der Waals surface area contributed by atoms with Gasteiger partial charge in [-0.25, -0.2) is 0 Å². The average molecular weight is 523 g/mol. The third-order valence-electron chi connectivity index (χ3n) is 5.94. The highest BCUT2D eigenvalue weighted by molar-refractivity contribution is 7.99. The average Bonchev–Trinajstić information content (AvgIpc) is 2.88. The Balaban J connectivity index is 1.82. The molecule has 0 aromatic heterocycles. The highest BCUT2D eigenvalue weighted by Crippen LogP contribution is 2.20. The maximum absolute atomic E-state index is 13.6. The molecule has 0 aliphatic carbocycles. The number of hydrogen-bond acceptors (Lipinski definition) is 3. The van der Waals surface area contributed by atoms with Crippen molar-refractivity contribution >= 4 is 35.2 Å². The molecule has 0 unspecified atom stereocenters. The van der Waals surface area contributed by atoms with Crippen LogP contribution < -0.4 is 5.32 Å². The van der Waals surface area contributed by atoms with Gasteiger partial charge in [0, 0.05) is 30.3 Å². The Bertz CT molecular complexity index is 1110. The van der Waals surface area contributed by atoms with Crippen molar-refractivity contribution in [1.82, 2.24) is 10.2 Å². The maximum Gasteiger partial charge on any atom is 0.243 e. The van der Waals surface area contributed by atoms with Crippen molar-refractivity contribution in [2.45, 2.75) is 51.4 Å². The van der Waals surface area contributed by atoms with Gasteiger partial charge in [-0.3, -0.25) is 9.59 Å². The molecule has 0 aliphatic heterocycles. The summed E-state index contributed by atoms with van der Waals surface area (Å²) in [4.78, 5) is 28.8. The van der Waals surface area contributed by atoms with Crippen LogP contribution in [0.2, 0.25) is 5.02 Å². The quantitative estimate of drug-likeness (QED) is 0.263. The molecule has 3 rings (SSSR count). The number of halogens is 1. The summed E-state index contributed by atoms with van der Waals surface area (Å²) in [6.07, 6.45) is 2.36. The second-order valence-electron chi connectivity index (χ2n) is 8.98. The molecule has 0 fully saturated rings. The van der Waals surface area contributed by atoms with Crippen molar-refractivity contribution in [3.8, 4) is 0 Å². The Morgan fingerprint density at radius 3 is 2.36 bits per heavy atom. The van der Waals surface area contributed by atoms with E-state index in [0.29, 0.717) is 30.3 Å². The number of thioether (sulfide) groups is 1. The minimum Gasteiger partial charge on any atom is -0.354 e. The van der Waals surface area contributed by atoms with E-state index in [4.69, 9.17) is 11.6 Å². The zero-order chi connectivity index (χ0) is 25.8. The Labute approximate surface area is 224 Å². The molecule has 0 saturated heterocycles. The van der Waals surface area contributed by atoms with Crippen LogP contribution in [0, 0.1) is 6.92 Å². The SMILES string of the molecule is CCCCNC(=O)[C@@H](Cc1ccccc1)N(Cc1ccc(Cl)cc1)C(=O)CSCc1cccc(C)c1. The maximum atomic E-state index is 13.6. The van der Waals surface area contributed by atoms with E-state index in [1.165, 1.54) is 11.1 Å². The van der Waals surface area contributed by atoms with Crippen LogP contribution in [0.1, 0.15) is 42.0 Å². The Morgan fingerprint density at radius 2 is 1.67 bits per heavy atom. The van der Waals surface area contributed by atoms with Crippen LogP contribution in [0.5, 0.6) is 0 Å². The lowest BCUT2D eigenvalue weighted by Gasteiger charge is -2.31. The van der Waals surface area contributed by atoms with Gasteiger partial charge in [0.1, 0.15) is 6.04 Å². The van der Waals surface area contributed by atoms with Crippen LogP contribution in [0.4, 0.5) is 0 Å². The Hall–Kier alpha value is -2.76. The zero-order valence-electron chi connectivity index (χ0n) is 21.1. The van der Waals surface area contributed by atoms with Crippen LogP contribution in [0.3, 0.4) is 0 Å². The number of unbranched alkanes of at least 4 members (excludes halogenated alkanes) is 1. The molecule has 0 bridgehead atoms. The standard InChI is InChI=1S/C30H35ClN2O2S/c1-3-4-17-32-30(35)28(19-24-10-6-5-7-11-24)33(20-25-13-15-27(31)16-14-25)29(34)22-36-21-26-12-8-9-23(2)18-26/h5-16,18,28H,3-4,17,19-22H2,1-2H3,(H,32,35)/t28-/m1/s1. The highest BCUT2D eigenvalue weighted by Gasteiger charge is 2.30. The van der Waals surface area contributed by atoms with Gasteiger partial charge in [-0.05, 0) is 42.2 Å². The van der Waals surface area contributed by atoms with Gasteiger partial charge in [-0.1, -0.05) is 97.2 Å². The lowest BCUT2D eigenvalue weighted by atomic mass is 10.0. The first-order valence-electron chi connectivity index (χ1n) is 12.4. The predicted molar refractivity (Wildman–Crippen MR) is 151 cm³/mol. The van der Waals surface area contributed by atoms with Crippen LogP contribution >= 0.6 is 23.4 Å². The minimum atomic E-state index is -0.605. The molecule has 1 N–H and O–H groups in total. The molecule has 0 aliphatic rings. The van der Waals surface area contributed by atoms with E-state index in [-0.39, 0.29) is 11.8 Å². The normalized spacial score (nSPS) is 11.6. The number of nitrogens with one attached hydrogen (secondary N) is 1. The molecule has 0 heterocycles. The van der Waals surface area contributed by atoms with E-state index >= 15 is 0 Å². The van der Waals surface area contributed by atoms with E-state index in [1.807, 2.05) is 60.7 Å². The molecule has 0 radical (unpaired) electrons. The lowest BCUT2D eigenvalue weighted by Crippen LogP contribution is -2.51. The first kappa shape index (κ1) is 27.8. The fourth-order valence-corrected chi connectivity index (χ4v) is 4.97. The molecule has 2 amide bonds. The Morgan fingerprint density at radius 1 is 0.944 bits per heavy atom. The van der Waals surface area contributed by atoms with Gasteiger partial charge in [0.25, 0.3) is 0 Å². The number of hydrogen-bond donors (Lipinski definition) is 1. The van der Waals surface area contributed by atoms with Crippen molar-refractivity contribution < 1.29 is 9.59 Å². The lowest BCUT2D eigenvalue weighted by molar-refractivity contribution is -0.139. The molecule has 190 valence electrons. The first-order valence-corrected chi connectivity index (χ1v) is 14.0. The predicted octanol–water partition coefficient (Wildman–Crippen LogP) is 6.44. The third-order valence-corrected chi connectivity index (χ3v) is 7.18. The summed E-state index contributed by atoms with van der Waals surface area (Å²) >= 11 is 7.67. The van der Waals surface area contributed by atoms with Gasteiger partial charge in [0.15, 0.2) is 0 Å². The van der Waals surface area contributed by atoms with E-state index in [9.17, 15) is 9.59 Å². The number of amides is 2. The minimum absolute atomic E-state index is 0.0471. The van der Waals surface area contributed by atoms with Gasteiger partial charge in [-0.2, -0.15) is 0 Å². The molecular formula is C30H35ClN2O2S. The number of aryl methyl sites for hydroxylation is 1. The molecule has 36 heavy (non-hydrogen) atoms. The van der Waals surface area contributed by atoms with E-state index in [1.54, 1.807) is 16.7 Å². The topological polar surface area (TPSA) is 49.4 Å². The van der Waals surface area contributed by atoms with Crippen molar-refractivity contribution in [1.29, 1.82) is 0 Å². The molecule has 6 heteroatoms. The van der Waals surface area contributed by atoms with Gasteiger partial charge in [0.05, 0.1) is 5.75 Å². The van der Waals surface area contributed by atoms with E-state index in [2.05, 4.69) is 37.4 Å². The largest absolute Gasteiger partial charge is 0.354 e.